The highest BCUT2D eigenvalue weighted by atomic mass is 15.6. The molecule has 0 saturated heterocycles. The molecule has 0 fully saturated rings. The molecule has 1 aromatic heterocycles. The molecule has 13 heavy (non-hydrogen) atoms. The maximum Gasteiger partial charge on any atom is 0.243 e. The van der Waals surface area contributed by atoms with Crippen molar-refractivity contribution in [3.8, 4) is 0 Å². The zero-order valence-electron chi connectivity index (χ0n) is 8.70. The van der Waals surface area contributed by atoms with Crippen molar-refractivity contribution in [3.05, 3.63) is 0 Å². The van der Waals surface area contributed by atoms with Crippen LogP contribution in [0.3, 0.4) is 0 Å². The molecule has 1 rings (SSSR count). The van der Waals surface area contributed by atoms with Gasteiger partial charge < -0.3 is 5.32 Å². The van der Waals surface area contributed by atoms with E-state index in [-0.39, 0.29) is 5.54 Å². The van der Waals surface area contributed by atoms with Gasteiger partial charge in [-0.1, -0.05) is 18.4 Å². The molecule has 0 atom stereocenters. The number of nitrogens with one attached hydrogen (secondary N) is 1. The van der Waals surface area contributed by atoms with E-state index in [1.54, 1.807) is 4.68 Å². The summed E-state index contributed by atoms with van der Waals surface area (Å²) >= 11 is 0. The van der Waals surface area contributed by atoms with E-state index in [1.807, 2.05) is 7.05 Å². The van der Waals surface area contributed by atoms with E-state index in [4.69, 9.17) is 0 Å². The highest BCUT2D eigenvalue weighted by Crippen LogP contribution is 2.16. The van der Waals surface area contributed by atoms with E-state index < -0.39 is 0 Å². The van der Waals surface area contributed by atoms with Crippen LogP contribution in [0.1, 0.15) is 33.6 Å². The normalized spacial score (nSPS) is 11.7. The summed E-state index contributed by atoms with van der Waals surface area (Å²) in [6, 6.07) is 0. The summed E-state index contributed by atoms with van der Waals surface area (Å²) in [5, 5.41) is 14.5. The van der Waals surface area contributed by atoms with Crippen molar-refractivity contribution in [1.29, 1.82) is 0 Å². The van der Waals surface area contributed by atoms with E-state index in [0.29, 0.717) is 0 Å². The molecule has 0 amide bonds. The first-order valence-electron chi connectivity index (χ1n) is 4.56. The zero-order chi connectivity index (χ0) is 9.90. The predicted octanol–water partition coefficient (Wildman–Crippen LogP) is 1.20. The topological polar surface area (TPSA) is 55.6 Å². The summed E-state index contributed by atoms with van der Waals surface area (Å²) in [4.78, 5) is 0. The van der Waals surface area contributed by atoms with Crippen molar-refractivity contribution in [2.75, 3.05) is 5.32 Å². The van der Waals surface area contributed by atoms with Crippen molar-refractivity contribution < 1.29 is 0 Å². The summed E-state index contributed by atoms with van der Waals surface area (Å²) < 4.78 is 1.64. The molecular formula is C8H17N5. The third kappa shape index (κ3) is 2.68. The van der Waals surface area contributed by atoms with Gasteiger partial charge in [-0.25, -0.2) is 4.68 Å². The Morgan fingerprint density at radius 1 is 1.46 bits per heavy atom. The van der Waals surface area contributed by atoms with Crippen LogP contribution in [0.15, 0.2) is 0 Å². The van der Waals surface area contributed by atoms with E-state index in [0.717, 1.165) is 18.8 Å². The van der Waals surface area contributed by atoms with Gasteiger partial charge in [-0.2, -0.15) is 0 Å². The molecule has 1 aromatic rings. The fourth-order valence-electron chi connectivity index (χ4n) is 1.33. The largest absolute Gasteiger partial charge is 0.348 e. The van der Waals surface area contributed by atoms with Gasteiger partial charge in [0.1, 0.15) is 0 Å². The Bertz CT molecular complexity index is 265. The molecule has 0 aromatic carbocycles. The molecule has 0 radical (unpaired) electrons. The number of hydrogen-bond acceptors (Lipinski definition) is 4. The lowest BCUT2D eigenvalue weighted by Gasteiger charge is -2.25. The quantitative estimate of drug-likeness (QED) is 0.762. The zero-order valence-corrected chi connectivity index (χ0v) is 8.70. The van der Waals surface area contributed by atoms with Gasteiger partial charge in [-0.05, 0) is 30.7 Å². The lowest BCUT2D eigenvalue weighted by atomic mass is 9.99. The Morgan fingerprint density at radius 2 is 2.15 bits per heavy atom. The minimum absolute atomic E-state index is 0.0528. The van der Waals surface area contributed by atoms with Crippen LogP contribution in [0.25, 0.3) is 0 Å². The van der Waals surface area contributed by atoms with Crippen LogP contribution in [-0.4, -0.2) is 25.7 Å². The van der Waals surface area contributed by atoms with E-state index in [2.05, 4.69) is 41.6 Å². The molecule has 0 aliphatic rings. The average Bonchev–Trinajstić information content (AvgIpc) is 2.35. The number of anilines is 1. The Balaban J connectivity index is 2.63. The fourth-order valence-corrected chi connectivity index (χ4v) is 1.33. The monoisotopic (exact) mass is 183 g/mol. The molecule has 1 N–H and O–H groups in total. The molecule has 0 unspecified atom stereocenters. The Labute approximate surface area is 78.5 Å². The molecule has 74 valence electrons. The first kappa shape index (κ1) is 9.95. The number of hydrogen-bond donors (Lipinski definition) is 1. The number of aryl methyl sites for hydroxylation is 1. The van der Waals surface area contributed by atoms with Crippen molar-refractivity contribution in [2.24, 2.45) is 7.05 Å². The van der Waals surface area contributed by atoms with E-state index in [9.17, 15) is 0 Å². The fraction of sp³-hybridized carbons (Fsp3) is 0.875. The third-order valence-corrected chi connectivity index (χ3v) is 1.95. The molecule has 0 bridgehead atoms. The van der Waals surface area contributed by atoms with Crippen LogP contribution in [0.4, 0.5) is 5.95 Å². The molecule has 0 spiro atoms. The molecule has 1 heterocycles. The van der Waals surface area contributed by atoms with Crippen molar-refractivity contribution in [2.45, 2.75) is 39.2 Å². The van der Waals surface area contributed by atoms with Crippen molar-refractivity contribution in [1.82, 2.24) is 20.2 Å². The first-order valence-corrected chi connectivity index (χ1v) is 4.56. The molecular weight excluding hydrogens is 166 g/mol. The SMILES string of the molecule is CCCC(C)(C)Nc1nnnn1C. The average molecular weight is 183 g/mol. The maximum absolute atomic E-state index is 3.87. The number of tetrazole rings is 1. The second-order valence-corrected chi connectivity index (χ2v) is 3.88. The predicted molar refractivity (Wildman–Crippen MR) is 51.4 cm³/mol. The second-order valence-electron chi connectivity index (χ2n) is 3.88. The van der Waals surface area contributed by atoms with Gasteiger partial charge in [0.05, 0.1) is 0 Å². The number of rotatable bonds is 4. The molecule has 0 aliphatic carbocycles. The van der Waals surface area contributed by atoms with Gasteiger partial charge >= 0.3 is 0 Å². The Morgan fingerprint density at radius 3 is 2.62 bits per heavy atom. The Hall–Kier alpha value is -1.13. The minimum atomic E-state index is 0.0528. The summed E-state index contributed by atoms with van der Waals surface area (Å²) in [5.74, 6) is 0.721. The smallest absolute Gasteiger partial charge is 0.243 e. The van der Waals surface area contributed by atoms with Gasteiger partial charge in [-0.15, -0.1) is 0 Å². The van der Waals surface area contributed by atoms with Gasteiger partial charge in [-0.3, -0.25) is 0 Å². The maximum atomic E-state index is 3.87. The van der Waals surface area contributed by atoms with Crippen molar-refractivity contribution >= 4 is 5.95 Å². The summed E-state index contributed by atoms with van der Waals surface area (Å²) in [7, 11) is 1.82. The molecule has 5 nitrogen and oxygen atoms in total. The van der Waals surface area contributed by atoms with Crippen molar-refractivity contribution in [3.63, 3.8) is 0 Å². The van der Waals surface area contributed by atoms with Crippen LogP contribution < -0.4 is 5.32 Å². The van der Waals surface area contributed by atoms with Crippen LogP contribution in [0.2, 0.25) is 0 Å². The van der Waals surface area contributed by atoms with E-state index >= 15 is 0 Å². The summed E-state index contributed by atoms with van der Waals surface area (Å²) in [6.07, 6.45) is 2.24. The standard InChI is InChI=1S/C8H17N5/c1-5-6-8(2,3)9-7-10-11-12-13(7)4/h5-6H2,1-4H3,(H,9,10,12). The molecule has 0 aliphatic heterocycles. The van der Waals surface area contributed by atoms with Gasteiger partial charge in [0.2, 0.25) is 5.95 Å². The highest BCUT2D eigenvalue weighted by Gasteiger charge is 2.18. The number of aromatic nitrogens is 4. The van der Waals surface area contributed by atoms with E-state index in [1.165, 1.54) is 0 Å². The van der Waals surface area contributed by atoms with Crippen LogP contribution >= 0.6 is 0 Å². The molecule has 0 saturated carbocycles. The van der Waals surface area contributed by atoms with Crippen LogP contribution in [0, 0.1) is 0 Å². The number of nitrogens with zero attached hydrogens (tertiary/aromatic N) is 4. The third-order valence-electron chi connectivity index (χ3n) is 1.95. The second kappa shape index (κ2) is 3.72. The Kier molecular flexibility index (Phi) is 2.85. The summed E-state index contributed by atoms with van der Waals surface area (Å²) in [5.41, 5.74) is 0.0528. The molecule has 5 heteroatoms. The first-order chi connectivity index (χ1) is 6.05. The summed E-state index contributed by atoms with van der Waals surface area (Å²) in [6.45, 7) is 6.45. The highest BCUT2D eigenvalue weighted by molar-refractivity contribution is 5.25. The lowest BCUT2D eigenvalue weighted by Crippen LogP contribution is -2.31. The van der Waals surface area contributed by atoms with Gasteiger partial charge in [0.25, 0.3) is 0 Å². The lowest BCUT2D eigenvalue weighted by molar-refractivity contribution is 0.502. The van der Waals surface area contributed by atoms with Gasteiger partial charge in [0, 0.05) is 12.6 Å². The van der Waals surface area contributed by atoms with Gasteiger partial charge in [0.15, 0.2) is 0 Å². The van der Waals surface area contributed by atoms with Crippen LogP contribution in [0.5, 0.6) is 0 Å². The minimum Gasteiger partial charge on any atom is -0.348 e. The van der Waals surface area contributed by atoms with Crippen LogP contribution in [-0.2, 0) is 7.05 Å².